The first-order chi connectivity index (χ1) is 25.0. The molecule has 2 saturated heterocycles. The molecule has 1 saturated carbocycles. The predicted octanol–water partition coefficient (Wildman–Crippen LogP) is 7.74. The first-order valence-electron chi connectivity index (χ1n) is 19.4. The van der Waals surface area contributed by atoms with Gasteiger partial charge in [0.2, 0.25) is 5.91 Å². The van der Waals surface area contributed by atoms with Crippen LogP contribution in [-0.4, -0.2) is 70.0 Å². The van der Waals surface area contributed by atoms with Crippen molar-refractivity contribution < 1.29 is 33.7 Å². The summed E-state index contributed by atoms with van der Waals surface area (Å²) in [5.74, 6) is -0.821. The molecule has 0 radical (unpaired) electrons. The normalized spacial score (nSPS) is 30.1. The minimum Gasteiger partial charge on any atom is -0.506 e. The van der Waals surface area contributed by atoms with E-state index in [1.54, 1.807) is 13.0 Å². The van der Waals surface area contributed by atoms with Crippen LogP contribution in [0.25, 0.3) is 6.08 Å². The van der Waals surface area contributed by atoms with Gasteiger partial charge in [-0.3, -0.25) is 14.4 Å². The fraction of sp³-hybridized carbons (Fsp3) is 0.568. The van der Waals surface area contributed by atoms with Crippen LogP contribution in [0.4, 0.5) is 0 Å². The smallest absolute Gasteiger partial charge is 0.249 e. The van der Waals surface area contributed by atoms with Crippen molar-refractivity contribution in [1.82, 2.24) is 4.90 Å². The molecule has 5 atom stereocenters. The number of amides is 1. The zero-order valence-electron chi connectivity index (χ0n) is 33.1. The zero-order valence-corrected chi connectivity index (χ0v) is 33.1. The summed E-state index contributed by atoms with van der Waals surface area (Å²) in [7, 11) is 1.50. The zero-order chi connectivity index (χ0) is 38.7. The number of hydrogen-bond donors (Lipinski definition) is 2. The van der Waals surface area contributed by atoms with Crippen LogP contribution in [0.3, 0.4) is 0 Å². The third-order valence-electron chi connectivity index (χ3n) is 12.1. The highest BCUT2D eigenvalue weighted by molar-refractivity contribution is 6.19. The Hall–Kier alpha value is -3.95. The third kappa shape index (κ3) is 6.12. The summed E-state index contributed by atoms with van der Waals surface area (Å²) in [4.78, 5) is 45.0. The van der Waals surface area contributed by atoms with E-state index in [4.69, 9.17) is 14.2 Å². The highest BCUT2D eigenvalue weighted by Gasteiger charge is 2.81. The second-order valence-corrected chi connectivity index (χ2v) is 16.8. The second-order valence-electron chi connectivity index (χ2n) is 16.8. The number of nitrogens with zero attached hydrogens (tertiary/aromatic N) is 1. The molecule has 4 aliphatic heterocycles. The summed E-state index contributed by atoms with van der Waals surface area (Å²) in [6.07, 6.45) is 17.3. The lowest BCUT2D eigenvalue weighted by Gasteiger charge is -2.56. The molecule has 1 spiro atoms. The Morgan fingerprint density at radius 1 is 0.962 bits per heavy atom. The van der Waals surface area contributed by atoms with Crippen LogP contribution in [0.15, 0.2) is 52.7 Å². The molecule has 1 aromatic carbocycles. The summed E-state index contributed by atoms with van der Waals surface area (Å²) in [5, 5.41) is 11.9. The summed E-state index contributed by atoms with van der Waals surface area (Å²) in [6, 6.07) is 0. The average molecular weight is 727 g/mol. The van der Waals surface area contributed by atoms with E-state index in [0.29, 0.717) is 40.9 Å². The van der Waals surface area contributed by atoms with Crippen molar-refractivity contribution in [2.75, 3.05) is 20.1 Å². The Kier molecular flexibility index (Phi) is 10.3. The van der Waals surface area contributed by atoms with E-state index in [-0.39, 0.29) is 46.9 Å². The first kappa shape index (κ1) is 38.8. The molecule has 1 aromatic rings. The fourth-order valence-electron chi connectivity index (χ4n) is 9.52. The first-order valence-corrected chi connectivity index (χ1v) is 19.4. The maximum absolute atomic E-state index is 15.0. The average Bonchev–Trinajstić information content (AvgIpc) is 3.27. The Balaban J connectivity index is 0.00000236. The van der Waals surface area contributed by atoms with Gasteiger partial charge in [0.25, 0.3) is 0 Å². The van der Waals surface area contributed by atoms with Crippen LogP contribution in [0.5, 0.6) is 17.2 Å². The van der Waals surface area contributed by atoms with Crippen molar-refractivity contribution in [2.24, 2.45) is 17.6 Å². The number of fused-ring (bicyclic) bond motifs is 2. The molecule has 7 aliphatic rings. The number of nitrogens with two attached hydrogens (primary N) is 1. The monoisotopic (exact) mass is 726 g/mol. The van der Waals surface area contributed by atoms with Crippen LogP contribution < -0.4 is 15.2 Å². The maximum atomic E-state index is 15.0. The van der Waals surface area contributed by atoms with Crippen LogP contribution in [0, 0.1) is 11.8 Å². The van der Waals surface area contributed by atoms with Gasteiger partial charge >= 0.3 is 0 Å². The Morgan fingerprint density at radius 3 is 2.30 bits per heavy atom. The van der Waals surface area contributed by atoms with Crippen LogP contribution >= 0.6 is 0 Å². The standard InChI is InChI=1S/C43H53NO7.CH5N/c1-25(2)13-12-18-41(8)19-17-29-34(45)33-35(46)31-23-28-24-32-40(6,7)51-42(38(28)47,20-16-27(5)39(48)44-21-10-9-11-22-44)43(31,32)50-37(33)30(36(29)49-41)15-14-26(3)4;1-2/h13-14,16-17,19,23,28,32,45H,9-12,15,18,20-22,24H2,1-8H3;2H2,1H3/b27-16-;. The van der Waals surface area contributed by atoms with Gasteiger partial charge in [-0.1, -0.05) is 35.5 Å². The molecule has 4 heterocycles. The fourth-order valence-corrected chi connectivity index (χ4v) is 9.52. The highest BCUT2D eigenvalue weighted by Crippen LogP contribution is 2.68. The van der Waals surface area contributed by atoms with Gasteiger partial charge in [0.1, 0.15) is 28.4 Å². The molecule has 8 rings (SSSR count). The van der Waals surface area contributed by atoms with E-state index >= 15 is 0 Å². The molecule has 9 nitrogen and oxygen atoms in total. The predicted molar refractivity (Wildman–Crippen MR) is 207 cm³/mol. The minimum absolute atomic E-state index is 0.0361. The van der Waals surface area contributed by atoms with Crippen molar-refractivity contribution in [1.29, 1.82) is 0 Å². The lowest BCUT2D eigenvalue weighted by molar-refractivity contribution is -0.171. The number of carbonyl (C=O) groups excluding carboxylic acids is 3. The number of piperidine rings is 1. The second kappa shape index (κ2) is 14.0. The van der Waals surface area contributed by atoms with Crippen molar-refractivity contribution in [3.8, 4) is 17.2 Å². The highest BCUT2D eigenvalue weighted by atomic mass is 16.6. The number of likely N-dealkylation sites (tertiary alicyclic amines) is 1. The number of rotatable bonds is 8. The topological polar surface area (TPSA) is 128 Å². The van der Waals surface area contributed by atoms with E-state index in [1.165, 1.54) is 12.6 Å². The van der Waals surface area contributed by atoms with Gasteiger partial charge in [-0.25, -0.2) is 0 Å². The number of aromatic hydroxyl groups is 1. The van der Waals surface area contributed by atoms with Crippen molar-refractivity contribution in [3.05, 3.63) is 69.4 Å². The van der Waals surface area contributed by atoms with Crippen LogP contribution in [0.1, 0.15) is 122 Å². The molecule has 3 N–H and O–H groups in total. The number of ketones is 2. The quantitative estimate of drug-likeness (QED) is 0.206. The van der Waals surface area contributed by atoms with Gasteiger partial charge in [-0.2, -0.15) is 0 Å². The van der Waals surface area contributed by atoms with Gasteiger partial charge in [0.15, 0.2) is 22.8 Å². The molecule has 9 heteroatoms. The molecule has 1 amide bonds. The van der Waals surface area contributed by atoms with Gasteiger partial charge in [-0.15, -0.1) is 0 Å². The summed E-state index contributed by atoms with van der Waals surface area (Å²) in [6.45, 7) is 17.4. The number of hydrogen-bond acceptors (Lipinski definition) is 8. The Bertz CT molecular complexity index is 1870. The number of allylic oxidation sites excluding steroid dienone is 5. The summed E-state index contributed by atoms with van der Waals surface area (Å²) in [5.41, 5.74) is 4.49. The minimum atomic E-state index is -1.54. The molecular weight excluding hydrogens is 668 g/mol. The van der Waals surface area contributed by atoms with Crippen LogP contribution in [-0.2, 0) is 20.7 Å². The molecule has 5 unspecified atom stereocenters. The van der Waals surface area contributed by atoms with Crippen molar-refractivity contribution >= 4 is 23.5 Å². The van der Waals surface area contributed by atoms with Gasteiger partial charge < -0.3 is 30.0 Å². The third-order valence-corrected chi connectivity index (χ3v) is 12.1. The Labute approximate surface area is 315 Å². The number of ether oxygens (including phenoxy) is 3. The number of carbonyl (C=O) groups is 3. The number of phenolic OH excluding ortho intramolecular Hbond substituents is 1. The number of benzene rings is 1. The molecule has 3 aliphatic carbocycles. The van der Waals surface area contributed by atoms with Crippen molar-refractivity contribution in [3.63, 3.8) is 0 Å². The summed E-state index contributed by atoms with van der Waals surface area (Å²) < 4.78 is 21.1. The molecule has 4 bridgehead atoms. The van der Waals surface area contributed by atoms with Gasteiger partial charge in [-0.05, 0) is 120 Å². The van der Waals surface area contributed by atoms with E-state index in [2.05, 4.69) is 31.7 Å². The molecule has 286 valence electrons. The molecule has 3 fully saturated rings. The van der Waals surface area contributed by atoms with Gasteiger partial charge in [0, 0.05) is 48.1 Å². The molecule has 53 heavy (non-hydrogen) atoms. The SMILES string of the molecule is CC(C)=CCCC1(C)C=Cc2c(O)c3c(c(CC=C(C)C)c2O1)OC12C(=CC4CC1C(C)(C)OC2(C/C=C(/C)C(=O)N1CCCCC1)C4=O)C3=O.CN. The van der Waals surface area contributed by atoms with E-state index in [9.17, 15) is 19.5 Å². The van der Waals surface area contributed by atoms with E-state index in [1.807, 2.05) is 57.7 Å². The lowest BCUT2D eigenvalue weighted by atomic mass is 9.51. The summed E-state index contributed by atoms with van der Waals surface area (Å²) >= 11 is 0. The maximum Gasteiger partial charge on any atom is 0.249 e. The Morgan fingerprint density at radius 2 is 1.64 bits per heavy atom. The number of phenols is 1. The van der Waals surface area contributed by atoms with Gasteiger partial charge in [0.05, 0.1) is 11.2 Å². The van der Waals surface area contributed by atoms with Crippen molar-refractivity contribution in [2.45, 2.75) is 129 Å². The van der Waals surface area contributed by atoms with E-state index in [0.717, 1.165) is 50.8 Å². The van der Waals surface area contributed by atoms with E-state index < -0.39 is 28.3 Å². The largest absolute Gasteiger partial charge is 0.506 e. The molecular formula is C44H58N2O7. The molecule has 0 aromatic heterocycles. The lowest BCUT2D eigenvalue weighted by Crippen LogP contribution is -2.72. The van der Waals surface area contributed by atoms with Crippen LogP contribution in [0.2, 0.25) is 0 Å². The number of Topliss-reactive ketones (excluding diaryl/α,β-unsaturated/α-hetero) is 2.